The molecule has 0 spiro atoms. The molecular weight excluding hydrogens is 559 g/mol. The molecule has 11 heteroatoms. The summed E-state index contributed by atoms with van der Waals surface area (Å²) in [4.78, 5) is 41.2. The monoisotopic (exact) mass is 582 g/mol. The van der Waals surface area contributed by atoms with Gasteiger partial charge in [-0.2, -0.15) is 0 Å². The Hall–Kier alpha value is -2.39. The second-order valence-electron chi connectivity index (χ2n) is 8.62. The second-order valence-corrected chi connectivity index (χ2v) is 10.9. The summed E-state index contributed by atoms with van der Waals surface area (Å²) in [5.74, 6) is -0.0636. The third kappa shape index (κ3) is 6.74. The number of halogens is 3. The van der Waals surface area contributed by atoms with Crippen molar-refractivity contribution in [3.63, 3.8) is 0 Å². The van der Waals surface area contributed by atoms with Crippen LogP contribution in [0.5, 0.6) is 11.5 Å². The van der Waals surface area contributed by atoms with E-state index in [1.54, 1.807) is 41.3 Å². The minimum Gasteiger partial charge on any atom is -0.493 e. The Balaban J connectivity index is 1.48. The zero-order valence-electron chi connectivity index (χ0n) is 20.1. The summed E-state index contributed by atoms with van der Waals surface area (Å²) in [5.41, 5.74) is 1.26. The molecule has 0 aliphatic carbocycles. The summed E-state index contributed by atoms with van der Waals surface area (Å²) < 4.78 is 11.3. The van der Waals surface area contributed by atoms with Gasteiger partial charge in [0, 0.05) is 28.7 Å². The highest BCUT2D eigenvalue weighted by atomic mass is 35.5. The van der Waals surface area contributed by atoms with E-state index in [2.05, 4.69) is 0 Å². The molecule has 0 radical (unpaired) electrons. The molecule has 0 bridgehead atoms. The molecule has 37 heavy (non-hydrogen) atoms. The quantitative estimate of drug-likeness (QED) is 0.339. The lowest BCUT2D eigenvalue weighted by Gasteiger charge is -2.22. The second kappa shape index (κ2) is 12.4. The van der Waals surface area contributed by atoms with Gasteiger partial charge in [-0.25, -0.2) is 0 Å². The Kier molecular flexibility index (Phi) is 9.29. The highest BCUT2D eigenvalue weighted by Gasteiger charge is 2.37. The van der Waals surface area contributed by atoms with E-state index in [9.17, 15) is 14.4 Å². The molecule has 0 N–H and O–H groups in total. The summed E-state index contributed by atoms with van der Waals surface area (Å²) >= 11 is 19.4. The van der Waals surface area contributed by atoms with Gasteiger partial charge >= 0.3 is 0 Å². The van der Waals surface area contributed by atoms with Crippen LogP contribution >= 0.6 is 46.6 Å². The van der Waals surface area contributed by atoms with E-state index in [0.717, 1.165) is 47.9 Å². The van der Waals surface area contributed by atoms with Crippen molar-refractivity contribution in [1.29, 1.82) is 0 Å². The van der Waals surface area contributed by atoms with Crippen molar-refractivity contribution in [2.24, 2.45) is 0 Å². The van der Waals surface area contributed by atoms with Gasteiger partial charge in [0.25, 0.3) is 11.1 Å². The average Bonchev–Trinajstić information content (AvgIpc) is 3.04. The first-order valence-corrected chi connectivity index (χ1v) is 13.7. The number of carbonyl (C=O) groups is 3. The van der Waals surface area contributed by atoms with E-state index in [1.165, 1.54) is 7.11 Å². The number of imide groups is 1. The summed E-state index contributed by atoms with van der Waals surface area (Å²) in [7, 11) is 1.47. The number of ether oxygens (including phenoxy) is 2. The van der Waals surface area contributed by atoms with E-state index >= 15 is 0 Å². The van der Waals surface area contributed by atoms with E-state index in [-0.39, 0.29) is 29.0 Å². The van der Waals surface area contributed by atoms with Crippen molar-refractivity contribution >= 4 is 69.7 Å². The molecule has 2 saturated heterocycles. The number of rotatable bonds is 7. The zero-order chi connectivity index (χ0) is 26.5. The van der Waals surface area contributed by atoms with E-state index in [0.29, 0.717) is 40.2 Å². The van der Waals surface area contributed by atoms with Gasteiger partial charge in [-0.05, 0) is 60.5 Å². The minimum atomic E-state index is -0.508. The van der Waals surface area contributed by atoms with Crippen LogP contribution in [-0.4, -0.2) is 53.6 Å². The molecule has 2 aliphatic heterocycles. The smallest absolute Gasteiger partial charge is 0.294 e. The highest BCUT2D eigenvalue weighted by molar-refractivity contribution is 8.18. The van der Waals surface area contributed by atoms with Crippen LogP contribution in [0.1, 0.15) is 36.8 Å². The molecule has 4 rings (SSSR count). The van der Waals surface area contributed by atoms with Crippen LogP contribution in [0.15, 0.2) is 35.2 Å². The molecule has 3 amide bonds. The number of hydrogen-bond acceptors (Lipinski definition) is 6. The van der Waals surface area contributed by atoms with Crippen molar-refractivity contribution in [2.75, 3.05) is 26.7 Å². The van der Waals surface area contributed by atoms with E-state index in [4.69, 9.17) is 44.3 Å². The van der Waals surface area contributed by atoms with Crippen LogP contribution in [0, 0.1) is 0 Å². The number of methoxy groups -OCH3 is 1. The molecule has 2 aromatic carbocycles. The Morgan fingerprint density at radius 2 is 1.76 bits per heavy atom. The predicted molar refractivity (Wildman–Crippen MR) is 147 cm³/mol. The number of hydrogen-bond donors (Lipinski definition) is 0. The fraction of sp³-hybridized carbons (Fsp3) is 0.346. The fourth-order valence-corrected chi connectivity index (χ4v) is 5.67. The van der Waals surface area contributed by atoms with Gasteiger partial charge in [-0.1, -0.05) is 53.7 Å². The normalized spacial score (nSPS) is 17.4. The molecule has 196 valence electrons. The van der Waals surface area contributed by atoms with Crippen LogP contribution in [0.2, 0.25) is 15.1 Å². The van der Waals surface area contributed by atoms with Gasteiger partial charge in [0.15, 0.2) is 11.5 Å². The third-order valence-electron chi connectivity index (χ3n) is 6.06. The number of nitrogens with zero attached hydrogens (tertiary/aromatic N) is 2. The Morgan fingerprint density at radius 1 is 1.03 bits per heavy atom. The van der Waals surface area contributed by atoms with Gasteiger partial charge in [-0.15, -0.1) is 0 Å². The lowest BCUT2D eigenvalue weighted by molar-refractivity contribution is -0.135. The summed E-state index contributed by atoms with van der Waals surface area (Å²) in [6, 6.07) is 8.36. The molecule has 0 atom stereocenters. The largest absolute Gasteiger partial charge is 0.493 e. The minimum absolute atomic E-state index is 0.134. The van der Waals surface area contributed by atoms with Gasteiger partial charge in [0.1, 0.15) is 13.2 Å². The molecule has 2 aliphatic rings. The molecule has 0 saturated carbocycles. The van der Waals surface area contributed by atoms with Crippen LogP contribution in [0.25, 0.3) is 6.08 Å². The van der Waals surface area contributed by atoms with Gasteiger partial charge in [-0.3, -0.25) is 19.3 Å². The lowest BCUT2D eigenvalue weighted by atomic mass is 10.1. The van der Waals surface area contributed by atoms with Crippen molar-refractivity contribution in [1.82, 2.24) is 9.80 Å². The zero-order valence-corrected chi connectivity index (χ0v) is 23.2. The summed E-state index contributed by atoms with van der Waals surface area (Å²) in [6.45, 7) is 1.19. The van der Waals surface area contributed by atoms with Gasteiger partial charge in [0.2, 0.25) is 5.91 Å². The third-order valence-corrected chi connectivity index (χ3v) is 7.84. The fourth-order valence-electron chi connectivity index (χ4n) is 4.09. The number of thioether (sulfide) groups is 1. The van der Waals surface area contributed by atoms with Crippen LogP contribution < -0.4 is 9.47 Å². The van der Waals surface area contributed by atoms with Crippen molar-refractivity contribution in [2.45, 2.75) is 32.3 Å². The van der Waals surface area contributed by atoms with E-state index < -0.39 is 11.1 Å². The summed E-state index contributed by atoms with van der Waals surface area (Å²) in [6.07, 6.45) is 5.58. The first-order valence-electron chi connectivity index (χ1n) is 11.7. The molecule has 2 aromatic rings. The number of benzene rings is 2. The first-order chi connectivity index (χ1) is 17.8. The predicted octanol–water partition coefficient (Wildman–Crippen LogP) is 6.67. The highest BCUT2D eigenvalue weighted by Crippen LogP contribution is 2.39. The number of likely N-dealkylation sites (tertiary alicyclic amines) is 1. The van der Waals surface area contributed by atoms with Crippen molar-refractivity contribution in [3.05, 3.63) is 61.4 Å². The maximum absolute atomic E-state index is 13.0. The molecule has 2 heterocycles. The maximum atomic E-state index is 13.0. The molecular formula is C26H25Cl3N2O5S. The molecule has 7 nitrogen and oxygen atoms in total. The number of amides is 3. The number of carbonyl (C=O) groups excluding carboxylic acids is 3. The molecule has 0 unspecified atom stereocenters. The molecule has 2 fully saturated rings. The maximum Gasteiger partial charge on any atom is 0.294 e. The van der Waals surface area contributed by atoms with Crippen LogP contribution in [0.4, 0.5) is 4.79 Å². The van der Waals surface area contributed by atoms with Crippen LogP contribution in [0.3, 0.4) is 0 Å². The first kappa shape index (κ1) is 27.6. The van der Waals surface area contributed by atoms with Crippen molar-refractivity contribution < 1.29 is 23.9 Å². The topological polar surface area (TPSA) is 76.2 Å². The molecule has 0 aromatic heterocycles. The SMILES string of the molecule is COc1cc(C=C2SC(=O)N(CC(=O)N3CCCCCC3)C2=O)cc(Cl)c1OCc1ccc(Cl)cc1Cl. The Labute approximate surface area is 234 Å². The standard InChI is InChI=1S/C26H25Cl3N2O5S/c1-35-21-11-16(10-20(29)24(21)36-15-17-6-7-18(27)13-19(17)28)12-22-25(33)31(26(34)37-22)14-23(32)30-8-4-2-3-5-9-30/h6-7,10-13H,2-5,8-9,14-15H2,1H3. The van der Waals surface area contributed by atoms with Gasteiger partial charge in [0.05, 0.1) is 17.0 Å². The Morgan fingerprint density at radius 3 is 2.43 bits per heavy atom. The van der Waals surface area contributed by atoms with Gasteiger partial charge < -0.3 is 14.4 Å². The van der Waals surface area contributed by atoms with E-state index in [1.807, 2.05) is 0 Å². The summed E-state index contributed by atoms with van der Waals surface area (Å²) in [5, 5.41) is 0.761. The lowest BCUT2D eigenvalue weighted by Crippen LogP contribution is -2.42. The van der Waals surface area contributed by atoms with Crippen LogP contribution in [-0.2, 0) is 16.2 Å². The van der Waals surface area contributed by atoms with Crippen molar-refractivity contribution in [3.8, 4) is 11.5 Å². The Bertz CT molecular complexity index is 1240. The average molecular weight is 584 g/mol.